The molecule has 2 aromatic rings. The van der Waals surface area contributed by atoms with E-state index in [9.17, 15) is 22.7 Å². The molecule has 0 spiro atoms. The van der Waals surface area contributed by atoms with Crippen LogP contribution in [0.2, 0.25) is 0 Å². The van der Waals surface area contributed by atoms with E-state index in [2.05, 4.69) is 21.4 Å². The third-order valence-corrected chi connectivity index (χ3v) is 9.72. The summed E-state index contributed by atoms with van der Waals surface area (Å²) >= 11 is 0. The number of likely N-dealkylation sites (N-methyl/N-ethyl adjacent to an activating group) is 1. The number of nitrogen functional groups attached to an aromatic ring is 1. The van der Waals surface area contributed by atoms with Gasteiger partial charge in [0.05, 0.1) is 17.8 Å². The zero-order valence-electron chi connectivity index (χ0n) is 25.2. The number of aliphatic hydroxyl groups excluding tert-OH is 1. The van der Waals surface area contributed by atoms with Gasteiger partial charge in [0.15, 0.2) is 0 Å². The fraction of sp³-hybridized carbons (Fsp3) is 0.633. The van der Waals surface area contributed by atoms with Gasteiger partial charge >= 0.3 is 12.2 Å². The van der Waals surface area contributed by atoms with Gasteiger partial charge in [-0.15, -0.1) is 0 Å². The zero-order chi connectivity index (χ0) is 31.4. The molecule has 0 radical (unpaired) electrons. The highest BCUT2D eigenvalue weighted by atomic mass is 19.4. The standard InChI is InChI=1S/C30H40F4N8O2/c1-4-24(43)40-10-6-20(15-40)39(3)26-21-7-11-41(27-25(30(32,33)34)18(2)12-23(35)37-27)16-22(21)36-28(38-26)44-17-29-8-5-9-42(29)14-19(31)13-29/h4,12,19-20,24,43H,1,5-11,13-17H2,2-3H3,(H2,35,37)/t19-,20-,24?,29+/m1/s1. The van der Waals surface area contributed by atoms with E-state index in [0.717, 1.165) is 31.4 Å². The van der Waals surface area contributed by atoms with Crippen LogP contribution in [0.1, 0.15) is 48.1 Å². The maximum absolute atomic E-state index is 14.4. The van der Waals surface area contributed by atoms with E-state index in [0.29, 0.717) is 44.0 Å². The van der Waals surface area contributed by atoms with Gasteiger partial charge in [-0.25, -0.2) is 9.37 Å². The highest BCUT2D eigenvalue weighted by Crippen LogP contribution is 2.42. The minimum absolute atomic E-state index is 0.00790. The Hall–Kier alpha value is -3.23. The second kappa shape index (κ2) is 11.6. The molecule has 2 aromatic heterocycles. The molecule has 0 bridgehead atoms. The van der Waals surface area contributed by atoms with E-state index < -0.39 is 29.7 Å². The number of ether oxygens (including phenoxy) is 1. The highest BCUT2D eigenvalue weighted by molar-refractivity contribution is 5.60. The van der Waals surface area contributed by atoms with Crippen molar-refractivity contribution in [3.8, 4) is 6.01 Å². The van der Waals surface area contributed by atoms with E-state index in [1.165, 1.54) is 19.1 Å². The number of fused-ring (bicyclic) bond motifs is 2. The molecule has 1 unspecified atom stereocenters. The van der Waals surface area contributed by atoms with Crippen LogP contribution in [0.5, 0.6) is 6.01 Å². The van der Waals surface area contributed by atoms with Crippen LogP contribution in [-0.2, 0) is 19.1 Å². The third-order valence-electron chi connectivity index (χ3n) is 9.72. The van der Waals surface area contributed by atoms with Gasteiger partial charge in [-0.05, 0) is 56.9 Å². The lowest BCUT2D eigenvalue weighted by molar-refractivity contribution is -0.137. The summed E-state index contributed by atoms with van der Waals surface area (Å²) in [6, 6.07) is 1.37. The number of hydrogen-bond donors (Lipinski definition) is 2. The zero-order valence-corrected chi connectivity index (χ0v) is 25.2. The molecule has 6 heterocycles. The first-order valence-electron chi connectivity index (χ1n) is 15.2. The summed E-state index contributed by atoms with van der Waals surface area (Å²) in [5.41, 5.74) is 6.08. The topological polar surface area (TPSA) is 107 Å². The molecule has 0 saturated carbocycles. The number of aryl methyl sites for hydroxylation is 1. The Labute approximate surface area is 254 Å². The molecule has 0 aromatic carbocycles. The molecule has 4 aliphatic heterocycles. The molecule has 0 amide bonds. The van der Waals surface area contributed by atoms with Gasteiger partial charge in [0.25, 0.3) is 0 Å². The molecule has 14 heteroatoms. The van der Waals surface area contributed by atoms with E-state index in [4.69, 9.17) is 20.4 Å². The molecule has 0 aliphatic carbocycles. The van der Waals surface area contributed by atoms with Crippen LogP contribution in [0.3, 0.4) is 0 Å². The van der Waals surface area contributed by atoms with Crippen molar-refractivity contribution in [1.29, 1.82) is 0 Å². The maximum Gasteiger partial charge on any atom is 0.420 e. The van der Waals surface area contributed by atoms with Crippen molar-refractivity contribution < 1.29 is 27.4 Å². The summed E-state index contributed by atoms with van der Waals surface area (Å²) < 4.78 is 63.2. The quantitative estimate of drug-likeness (QED) is 0.337. The third kappa shape index (κ3) is 5.67. The lowest BCUT2D eigenvalue weighted by atomic mass is 9.95. The lowest BCUT2D eigenvalue weighted by Crippen LogP contribution is -2.44. The minimum atomic E-state index is -4.61. The molecule has 10 nitrogen and oxygen atoms in total. The number of rotatable bonds is 8. The molecule has 44 heavy (non-hydrogen) atoms. The summed E-state index contributed by atoms with van der Waals surface area (Å²) in [7, 11) is 1.93. The molecular weight excluding hydrogens is 580 g/mol. The first kappa shape index (κ1) is 30.8. The number of hydrogen-bond acceptors (Lipinski definition) is 10. The molecular formula is C30H40F4N8O2. The second-order valence-corrected chi connectivity index (χ2v) is 12.5. The summed E-state index contributed by atoms with van der Waals surface area (Å²) in [6.07, 6.45) is -1.44. The molecule has 6 rings (SSSR count). The predicted molar refractivity (Wildman–Crippen MR) is 158 cm³/mol. The summed E-state index contributed by atoms with van der Waals surface area (Å²) in [5, 5.41) is 10.3. The first-order valence-corrected chi connectivity index (χ1v) is 15.2. The normalized spacial score (nSPS) is 26.5. The monoisotopic (exact) mass is 620 g/mol. The van der Waals surface area contributed by atoms with E-state index in [-0.39, 0.29) is 48.9 Å². The second-order valence-electron chi connectivity index (χ2n) is 12.5. The Kier molecular flexibility index (Phi) is 8.12. The van der Waals surface area contributed by atoms with Crippen molar-refractivity contribution in [1.82, 2.24) is 24.8 Å². The number of nitrogens with two attached hydrogens (primary N) is 1. The molecule has 4 atom stereocenters. The van der Waals surface area contributed by atoms with E-state index in [1.807, 2.05) is 11.9 Å². The van der Waals surface area contributed by atoms with Gasteiger partial charge in [0.2, 0.25) is 0 Å². The summed E-state index contributed by atoms with van der Waals surface area (Å²) in [4.78, 5) is 21.4. The minimum Gasteiger partial charge on any atom is -0.461 e. The van der Waals surface area contributed by atoms with Crippen LogP contribution in [0, 0.1) is 6.92 Å². The van der Waals surface area contributed by atoms with Crippen LogP contribution in [0.4, 0.5) is 35.0 Å². The largest absolute Gasteiger partial charge is 0.461 e. The van der Waals surface area contributed by atoms with E-state index in [1.54, 1.807) is 4.90 Å². The van der Waals surface area contributed by atoms with Crippen LogP contribution in [0.15, 0.2) is 18.7 Å². The molecule has 240 valence electrons. The van der Waals surface area contributed by atoms with Crippen LogP contribution in [-0.4, -0.2) is 100 Å². The molecule has 4 aliphatic rings. The SMILES string of the molecule is C=CC(O)N1CC[C@@H](N(C)c2nc(OC[C@@]34CCCN3C[C@H](F)C4)nc3c2CCN(c2nc(N)cc(C)c2C(F)(F)F)C3)C1. The number of aromatic nitrogens is 3. The lowest BCUT2D eigenvalue weighted by Gasteiger charge is -2.35. The van der Waals surface area contributed by atoms with Crippen molar-refractivity contribution in [2.24, 2.45) is 0 Å². The Morgan fingerprint density at radius 3 is 2.80 bits per heavy atom. The van der Waals surface area contributed by atoms with Gasteiger partial charge in [-0.1, -0.05) is 6.58 Å². The Morgan fingerprint density at radius 2 is 2.05 bits per heavy atom. The van der Waals surface area contributed by atoms with Gasteiger partial charge in [-0.3, -0.25) is 9.80 Å². The smallest absolute Gasteiger partial charge is 0.420 e. The van der Waals surface area contributed by atoms with E-state index >= 15 is 0 Å². The van der Waals surface area contributed by atoms with Gasteiger partial charge < -0.3 is 25.4 Å². The molecule has 3 saturated heterocycles. The van der Waals surface area contributed by atoms with Crippen LogP contribution in [0.25, 0.3) is 0 Å². The number of halogens is 4. The highest BCUT2D eigenvalue weighted by Gasteiger charge is 2.49. The summed E-state index contributed by atoms with van der Waals surface area (Å²) in [5.74, 6) is 0.439. The first-order chi connectivity index (χ1) is 20.9. The summed E-state index contributed by atoms with van der Waals surface area (Å²) in [6.45, 7) is 8.10. The predicted octanol–water partition coefficient (Wildman–Crippen LogP) is 3.31. The van der Waals surface area contributed by atoms with Gasteiger partial charge in [0, 0.05) is 51.3 Å². The fourth-order valence-electron chi connectivity index (χ4n) is 7.48. The number of aliphatic hydroxyl groups is 1. The number of nitrogens with zero attached hydrogens (tertiary/aromatic N) is 7. The Balaban J connectivity index is 1.34. The number of pyridine rings is 1. The number of alkyl halides is 4. The Morgan fingerprint density at radius 1 is 1.25 bits per heavy atom. The van der Waals surface area contributed by atoms with Crippen molar-refractivity contribution in [2.45, 2.75) is 75.7 Å². The van der Waals surface area contributed by atoms with Crippen molar-refractivity contribution >= 4 is 17.5 Å². The maximum atomic E-state index is 14.4. The van der Waals surface area contributed by atoms with Gasteiger partial charge in [-0.2, -0.15) is 23.1 Å². The molecule has 3 N–H and O–H groups in total. The fourth-order valence-corrected chi connectivity index (χ4v) is 7.48. The number of likely N-dealkylation sites (tertiary alicyclic amines) is 1. The Bertz CT molecular complexity index is 1410. The average molecular weight is 621 g/mol. The van der Waals surface area contributed by atoms with Crippen LogP contribution < -0.4 is 20.3 Å². The molecule has 3 fully saturated rings. The van der Waals surface area contributed by atoms with Crippen molar-refractivity contribution in [3.63, 3.8) is 0 Å². The average Bonchev–Trinajstić information content (AvgIpc) is 3.68. The number of anilines is 3. The van der Waals surface area contributed by atoms with Crippen molar-refractivity contribution in [3.05, 3.63) is 41.1 Å². The van der Waals surface area contributed by atoms with Gasteiger partial charge in [0.1, 0.15) is 42.0 Å². The van der Waals surface area contributed by atoms with Crippen LogP contribution >= 0.6 is 0 Å². The van der Waals surface area contributed by atoms with Crippen molar-refractivity contribution in [2.75, 3.05) is 61.9 Å².